The maximum absolute atomic E-state index is 14.3. The van der Waals surface area contributed by atoms with E-state index < -0.39 is 57.2 Å². The molecule has 43 heavy (non-hydrogen) atoms. The Balaban J connectivity index is 1.63. The van der Waals surface area contributed by atoms with Gasteiger partial charge in [0, 0.05) is 11.6 Å². The van der Waals surface area contributed by atoms with E-state index in [4.69, 9.17) is 5.73 Å². The lowest BCUT2D eigenvalue weighted by atomic mass is 9.92. The van der Waals surface area contributed by atoms with E-state index in [9.17, 15) is 35.1 Å². The zero-order chi connectivity index (χ0) is 31.2. The number of hydrogen-bond donors (Lipinski definition) is 1. The zero-order valence-electron chi connectivity index (χ0n) is 22.0. The largest absolute Gasteiger partial charge is 0.417 e. The van der Waals surface area contributed by atoms with Crippen molar-refractivity contribution in [2.45, 2.75) is 43.0 Å². The van der Waals surface area contributed by atoms with Crippen molar-refractivity contribution in [3.63, 3.8) is 0 Å². The van der Waals surface area contributed by atoms with Gasteiger partial charge >= 0.3 is 12.4 Å². The normalized spacial score (nSPS) is 18.2. The number of nitrogens with two attached hydrogens (primary N) is 1. The SMILES string of the molecule is Cc1nnc(N2N=C(c3cc(F)ccc3C(F)(F)F)SC2(CCC(N)c2cc(F)ccc2C(F)(F)F)c2ccccc2)s1. The number of aryl methyl sites for hydroxylation is 1. The van der Waals surface area contributed by atoms with E-state index in [2.05, 4.69) is 15.3 Å². The average molecular weight is 644 g/mol. The molecule has 1 aliphatic rings. The monoisotopic (exact) mass is 643 g/mol. The van der Waals surface area contributed by atoms with Crippen LogP contribution in [0.15, 0.2) is 71.8 Å². The van der Waals surface area contributed by atoms with Crippen LogP contribution in [-0.2, 0) is 17.2 Å². The summed E-state index contributed by atoms with van der Waals surface area (Å²) in [5.41, 5.74) is 3.56. The van der Waals surface area contributed by atoms with Crippen molar-refractivity contribution in [1.29, 1.82) is 0 Å². The van der Waals surface area contributed by atoms with Gasteiger partial charge in [0.05, 0.1) is 11.1 Å². The number of alkyl halides is 6. The van der Waals surface area contributed by atoms with Gasteiger partial charge < -0.3 is 5.73 Å². The summed E-state index contributed by atoms with van der Waals surface area (Å²) >= 11 is 1.95. The van der Waals surface area contributed by atoms with Crippen LogP contribution < -0.4 is 10.7 Å². The van der Waals surface area contributed by atoms with Gasteiger partial charge in [-0.3, -0.25) is 0 Å². The molecule has 5 rings (SSSR count). The first-order chi connectivity index (χ1) is 20.2. The van der Waals surface area contributed by atoms with Crippen molar-refractivity contribution in [1.82, 2.24) is 10.2 Å². The second-order valence-corrected chi connectivity index (χ2v) is 12.1. The molecule has 2 atom stereocenters. The summed E-state index contributed by atoms with van der Waals surface area (Å²) in [5, 5.41) is 14.5. The van der Waals surface area contributed by atoms with Crippen LogP contribution in [-0.4, -0.2) is 15.2 Å². The molecule has 0 aliphatic carbocycles. The molecular formula is C28H21F8N5S2. The molecule has 0 bridgehead atoms. The minimum atomic E-state index is -4.85. The number of anilines is 1. The molecule has 2 unspecified atom stereocenters. The van der Waals surface area contributed by atoms with Gasteiger partial charge in [0.2, 0.25) is 5.13 Å². The second-order valence-electron chi connectivity index (χ2n) is 9.64. The molecule has 0 amide bonds. The Labute approximate surface area is 248 Å². The molecule has 0 saturated heterocycles. The summed E-state index contributed by atoms with van der Waals surface area (Å²) in [5.74, 6) is -1.83. The van der Waals surface area contributed by atoms with E-state index in [0.29, 0.717) is 34.8 Å². The molecule has 4 aromatic rings. The predicted molar refractivity (Wildman–Crippen MR) is 148 cm³/mol. The molecule has 0 saturated carbocycles. The quantitative estimate of drug-likeness (QED) is 0.205. The fourth-order valence-electron chi connectivity index (χ4n) is 4.80. The predicted octanol–water partition coefficient (Wildman–Crippen LogP) is 8.41. The number of rotatable bonds is 7. The Kier molecular flexibility index (Phi) is 8.26. The zero-order valence-corrected chi connectivity index (χ0v) is 23.7. The minimum Gasteiger partial charge on any atom is -0.324 e. The molecule has 1 aromatic heterocycles. The van der Waals surface area contributed by atoms with Gasteiger partial charge in [-0.05, 0) is 67.3 Å². The fraction of sp³-hybridized carbons (Fsp3) is 0.250. The smallest absolute Gasteiger partial charge is 0.324 e. The molecule has 3 aromatic carbocycles. The summed E-state index contributed by atoms with van der Waals surface area (Å²) in [7, 11) is 0. The lowest BCUT2D eigenvalue weighted by Gasteiger charge is -2.36. The van der Waals surface area contributed by atoms with Gasteiger partial charge in [-0.1, -0.05) is 53.4 Å². The highest BCUT2D eigenvalue weighted by atomic mass is 32.2. The molecule has 2 N–H and O–H groups in total. The first-order valence-corrected chi connectivity index (χ1v) is 14.2. The highest BCUT2D eigenvalue weighted by molar-refractivity contribution is 8.15. The molecule has 0 fully saturated rings. The van der Waals surface area contributed by atoms with Crippen LogP contribution in [0.1, 0.15) is 51.7 Å². The Hall–Kier alpha value is -3.56. The number of thioether (sulfide) groups is 1. The van der Waals surface area contributed by atoms with Gasteiger partial charge in [-0.25, -0.2) is 13.8 Å². The molecule has 0 radical (unpaired) electrons. The summed E-state index contributed by atoms with van der Waals surface area (Å²) < 4.78 is 112. The van der Waals surface area contributed by atoms with Crippen molar-refractivity contribution < 1.29 is 35.1 Å². The first-order valence-electron chi connectivity index (χ1n) is 12.6. The molecule has 226 valence electrons. The molecule has 5 nitrogen and oxygen atoms in total. The molecule has 1 aliphatic heterocycles. The van der Waals surface area contributed by atoms with Crippen LogP contribution in [0, 0.1) is 18.6 Å². The Morgan fingerprint density at radius 2 is 1.49 bits per heavy atom. The number of halogens is 8. The van der Waals surface area contributed by atoms with Gasteiger partial charge in [0.15, 0.2) is 0 Å². The van der Waals surface area contributed by atoms with Crippen molar-refractivity contribution in [2.75, 3.05) is 5.01 Å². The number of benzene rings is 3. The molecule has 0 spiro atoms. The highest BCUT2D eigenvalue weighted by Crippen LogP contribution is 2.54. The van der Waals surface area contributed by atoms with E-state index in [-0.39, 0.29) is 23.0 Å². The first kappa shape index (κ1) is 30.9. The maximum atomic E-state index is 14.3. The van der Waals surface area contributed by atoms with Crippen molar-refractivity contribution in [3.8, 4) is 0 Å². The Morgan fingerprint density at radius 1 is 0.860 bits per heavy atom. The third-order valence-electron chi connectivity index (χ3n) is 6.75. The van der Waals surface area contributed by atoms with E-state index >= 15 is 0 Å². The minimum absolute atomic E-state index is 0.0844. The van der Waals surface area contributed by atoms with Gasteiger partial charge in [-0.2, -0.15) is 31.4 Å². The van der Waals surface area contributed by atoms with E-state index in [1.165, 1.54) is 5.01 Å². The average Bonchev–Trinajstić information content (AvgIpc) is 3.55. The van der Waals surface area contributed by atoms with Crippen molar-refractivity contribution >= 4 is 33.3 Å². The maximum Gasteiger partial charge on any atom is 0.417 e. The van der Waals surface area contributed by atoms with Gasteiger partial charge in [0.1, 0.15) is 26.6 Å². The number of nitrogens with zero attached hydrogens (tertiary/aromatic N) is 4. The Morgan fingerprint density at radius 3 is 2.09 bits per heavy atom. The van der Waals surface area contributed by atoms with Gasteiger partial charge in [0.25, 0.3) is 0 Å². The van der Waals surface area contributed by atoms with Crippen molar-refractivity contribution in [2.24, 2.45) is 10.8 Å². The number of hydrazone groups is 1. The van der Waals surface area contributed by atoms with Crippen molar-refractivity contribution in [3.05, 3.63) is 111 Å². The van der Waals surface area contributed by atoms with Crippen LogP contribution in [0.4, 0.5) is 40.3 Å². The second kappa shape index (κ2) is 11.5. The summed E-state index contributed by atoms with van der Waals surface area (Å²) in [4.78, 5) is -1.40. The summed E-state index contributed by atoms with van der Waals surface area (Å²) in [6.45, 7) is 1.66. The van der Waals surface area contributed by atoms with E-state index in [1.54, 1.807) is 37.3 Å². The van der Waals surface area contributed by atoms with E-state index in [1.807, 2.05) is 0 Å². The van der Waals surface area contributed by atoms with Crippen LogP contribution in [0.3, 0.4) is 0 Å². The lowest BCUT2D eigenvalue weighted by Crippen LogP contribution is -2.38. The standard InChI is InChI=1S/C28H21F8N5S2/c1-15-38-39-25(42-15)41-26(16-5-3-2-4-6-16,12-11-23(37)19-13-17(29)7-9-21(19)27(31,32)33)43-24(40-41)20-14-18(30)8-10-22(20)28(34,35)36/h2-10,13-14,23H,11-12,37H2,1H3. The molecular weight excluding hydrogens is 622 g/mol. The van der Waals surface area contributed by atoms with Gasteiger partial charge in [-0.15, -0.1) is 10.2 Å². The van der Waals surface area contributed by atoms with Crippen LogP contribution >= 0.6 is 23.1 Å². The van der Waals surface area contributed by atoms with E-state index in [0.717, 1.165) is 35.2 Å². The highest BCUT2D eigenvalue weighted by Gasteiger charge is 2.49. The third kappa shape index (κ3) is 6.24. The van der Waals surface area contributed by atoms with Crippen LogP contribution in [0.5, 0.6) is 0 Å². The Bertz CT molecular complexity index is 1660. The number of aromatic nitrogens is 2. The summed E-state index contributed by atoms with van der Waals surface area (Å²) in [6, 6.07) is 11.2. The summed E-state index contributed by atoms with van der Waals surface area (Å²) in [6.07, 6.45) is -9.92. The third-order valence-corrected chi connectivity index (χ3v) is 9.01. The van der Waals surface area contributed by atoms with Crippen LogP contribution in [0.2, 0.25) is 0 Å². The molecule has 15 heteroatoms. The topological polar surface area (TPSA) is 67.4 Å². The number of hydrogen-bond acceptors (Lipinski definition) is 7. The lowest BCUT2D eigenvalue weighted by molar-refractivity contribution is -0.139. The fourth-order valence-corrected chi connectivity index (χ4v) is 6.98. The van der Waals surface area contributed by atoms with Crippen LogP contribution in [0.25, 0.3) is 0 Å². The molecule has 2 heterocycles.